The summed E-state index contributed by atoms with van der Waals surface area (Å²) in [5.41, 5.74) is 3.04. The number of hydrogen-bond acceptors (Lipinski definition) is 5. The van der Waals surface area contributed by atoms with Gasteiger partial charge in [0.2, 0.25) is 0 Å². The molecule has 1 unspecified atom stereocenters. The predicted octanol–water partition coefficient (Wildman–Crippen LogP) is 1.86. The lowest BCUT2D eigenvalue weighted by molar-refractivity contribution is 0.0518. The maximum absolute atomic E-state index is 13.0. The van der Waals surface area contributed by atoms with Gasteiger partial charge in [-0.25, -0.2) is 9.97 Å². The van der Waals surface area contributed by atoms with Crippen molar-refractivity contribution in [2.45, 2.75) is 39.3 Å². The van der Waals surface area contributed by atoms with Gasteiger partial charge in [-0.1, -0.05) is 0 Å². The molecule has 0 aromatic carbocycles. The number of nitrogens with one attached hydrogen (secondary N) is 1. The second-order valence-electron chi connectivity index (χ2n) is 7.42. The van der Waals surface area contributed by atoms with Crippen molar-refractivity contribution in [2.75, 3.05) is 20.1 Å². The first kappa shape index (κ1) is 19.1. The summed E-state index contributed by atoms with van der Waals surface area (Å²) < 4.78 is 1.77. The first-order chi connectivity index (χ1) is 14.0. The number of likely N-dealkylation sites (tertiary alicyclic amines) is 1. The Bertz CT molecular complexity index is 1050. The molecular formula is C20H25N7O2. The van der Waals surface area contributed by atoms with Crippen molar-refractivity contribution >= 4 is 23.0 Å². The molecule has 0 saturated carbocycles. The summed E-state index contributed by atoms with van der Waals surface area (Å²) in [5.74, 6) is -0.187. The topological polar surface area (TPSA) is 100 Å². The number of likely N-dealkylation sites (N-methyl/N-ethyl adjacent to an activating group) is 1. The molecule has 0 radical (unpaired) electrons. The fraction of sp³-hybridized carbons (Fsp3) is 0.450. The van der Waals surface area contributed by atoms with E-state index in [2.05, 4.69) is 20.1 Å². The van der Waals surface area contributed by atoms with Crippen LogP contribution in [0.25, 0.3) is 11.2 Å². The van der Waals surface area contributed by atoms with E-state index in [0.717, 1.165) is 30.6 Å². The van der Waals surface area contributed by atoms with Crippen LogP contribution in [0.15, 0.2) is 24.7 Å². The SMILES string of the molecule is CCn1cc(C(=O)N2CCCC(N(C)C(=O)c3ccc4[nH]cnc4n3)C2)c(C)n1. The van der Waals surface area contributed by atoms with Crippen LogP contribution in [0.5, 0.6) is 0 Å². The molecule has 3 aromatic rings. The normalized spacial score (nSPS) is 16.9. The van der Waals surface area contributed by atoms with E-state index in [0.29, 0.717) is 30.0 Å². The van der Waals surface area contributed by atoms with Gasteiger partial charge in [0.15, 0.2) is 5.65 Å². The molecule has 1 atom stereocenters. The molecule has 0 aliphatic carbocycles. The molecule has 1 N–H and O–H groups in total. The highest BCUT2D eigenvalue weighted by Gasteiger charge is 2.31. The second kappa shape index (κ2) is 7.65. The Morgan fingerprint density at radius 1 is 1.34 bits per heavy atom. The average Bonchev–Trinajstić information content (AvgIpc) is 3.37. The molecule has 1 aliphatic rings. The van der Waals surface area contributed by atoms with Crippen LogP contribution < -0.4 is 0 Å². The van der Waals surface area contributed by atoms with Crippen molar-refractivity contribution in [3.8, 4) is 0 Å². The van der Waals surface area contributed by atoms with Crippen molar-refractivity contribution in [3.63, 3.8) is 0 Å². The van der Waals surface area contributed by atoms with Crippen LogP contribution >= 0.6 is 0 Å². The van der Waals surface area contributed by atoms with Crippen LogP contribution in [-0.4, -0.2) is 72.5 Å². The molecule has 0 spiro atoms. The number of aryl methyl sites for hydroxylation is 2. The summed E-state index contributed by atoms with van der Waals surface area (Å²) in [7, 11) is 1.78. The van der Waals surface area contributed by atoms with Crippen LogP contribution in [0.3, 0.4) is 0 Å². The molecule has 0 bridgehead atoms. The van der Waals surface area contributed by atoms with Gasteiger partial charge in [-0.05, 0) is 38.8 Å². The zero-order valence-corrected chi connectivity index (χ0v) is 16.9. The summed E-state index contributed by atoms with van der Waals surface area (Å²) in [6.45, 7) is 5.76. The van der Waals surface area contributed by atoms with Gasteiger partial charge in [0.05, 0.1) is 23.1 Å². The van der Waals surface area contributed by atoms with Gasteiger partial charge < -0.3 is 14.8 Å². The van der Waals surface area contributed by atoms with Crippen LogP contribution in [0, 0.1) is 6.92 Å². The Hall–Kier alpha value is -3.23. The van der Waals surface area contributed by atoms with Gasteiger partial charge in [-0.15, -0.1) is 0 Å². The molecule has 152 valence electrons. The number of pyridine rings is 1. The number of hydrogen-bond donors (Lipinski definition) is 1. The largest absolute Gasteiger partial charge is 0.343 e. The summed E-state index contributed by atoms with van der Waals surface area (Å²) >= 11 is 0. The molecule has 4 heterocycles. The standard InChI is InChI=1S/C20H25N7O2/c1-4-27-11-15(13(2)24-27)19(28)26-9-5-6-14(10-26)25(3)20(29)17-8-7-16-18(23-17)22-12-21-16/h7-8,11-12,14H,4-6,9-10H2,1-3H3,(H,21,22,23). The Balaban J connectivity index is 1.48. The molecule has 3 aromatic heterocycles. The molecule has 1 aliphatic heterocycles. The number of fused-ring (bicyclic) bond motifs is 1. The number of nitrogens with zero attached hydrogens (tertiary/aromatic N) is 6. The summed E-state index contributed by atoms with van der Waals surface area (Å²) in [6, 6.07) is 3.45. The molecule has 9 heteroatoms. The van der Waals surface area contributed by atoms with E-state index in [1.807, 2.05) is 18.7 Å². The van der Waals surface area contributed by atoms with Gasteiger partial charge in [0, 0.05) is 38.9 Å². The van der Waals surface area contributed by atoms with Crippen LogP contribution in [-0.2, 0) is 6.54 Å². The highest BCUT2D eigenvalue weighted by Crippen LogP contribution is 2.20. The molecule has 4 rings (SSSR count). The number of rotatable bonds is 4. The number of amides is 2. The third-order valence-electron chi connectivity index (χ3n) is 5.55. The van der Waals surface area contributed by atoms with Gasteiger partial charge >= 0.3 is 0 Å². The smallest absolute Gasteiger partial charge is 0.272 e. The maximum Gasteiger partial charge on any atom is 0.272 e. The van der Waals surface area contributed by atoms with Crippen molar-refractivity contribution in [2.24, 2.45) is 0 Å². The fourth-order valence-corrected chi connectivity index (χ4v) is 3.80. The lowest BCUT2D eigenvalue weighted by Gasteiger charge is -2.37. The van der Waals surface area contributed by atoms with E-state index in [1.165, 1.54) is 0 Å². The monoisotopic (exact) mass is 395 g/mol. The van der Waals surface area contributed by atoms with E-state index in [9.17, 15) is 9.59 Å². The lowest BCUT2D eigenvalue weighted by Crippen LogP contribution is -2.50. The highest BCUT2D eigenvalue weighted by molar-refractivity contribution is 5.96. The molecule has 1 saturated heterocycles. The third-order valence-corrected chi connectivity index (χ3v) is 5.55. The number of imidazole rings is 1. The molecule has 2 amide bonds. The van der Waals surface area contributed by atoms with Crippen LogP contribution in [0.1, 0.15) is 46.3 Å². The average molecular weight is 395 g/mol. The van der Waals surface area contributed by atoms with Gasteiger partial charge in [-0.3, -0.25) is 14.3 Å². The lowest BCUT2D eigenvalue weighted by atomic mass is 10.0. The number of H-pyrrole nitrogens is 1. The third kappa shape index (κ3) is 3.59. The highest BCUT2D eigenvalue weighted by atomic mass is 16.2. The number of carbonyl (C=O) groups is 2. The van der Waals surface area contributed by atoms with Gasteiger partial charge in [0.25, 0.3) is 11.8 Å². The molecule has 9 nitrogen and oxygen atoms in total. The quantitative estimate of drug-likeness (QED) is 0.727. The Labute approximate surface area is 168 Å². The first-order valence-electron chi connectivity index (χ1n) is 9.88. The molecule has 29 heavy (non-hydrogen) atoms. The zero-order chi connectivity index (χ0) is 20.5. The number of piperidine rings is 1. The second-order valence-corrected chi connectivity index (χ2v) is 7.42. The van der Waals surface area contributed by atoms with E-state index in [-0.39, 0.29) is 17.9 Å². The Morgan fingerprint density at radius 3 is 2.93 bits per heavy atom. The number of aromatic nitrogens is 5. The number of aromatic amines is 1. The fourth-order valence-electron chi connectivity index (χ4n) is 3.80. The Kier molecular flexibility index (Phi) is 5.04. The number of carbonyl (C=O) groups excluding carboxylic acids is 2. The van der Waals surface area contributed by atoms with Crippen LogP contribution in [0.4, 0.5) is 0 Å². The predicted molar refractivity (Wildman–Crippen MR) is 108 cm³/mol. The summed E-state index contributed by atoms with van der Waals surface area (Å²) in [4.78, 5) is 40.9. The minimum atomic E-state index is -0.163. The van der Waals surface area contributed by atoms with Gasteiger partial charge in [-0.2, -0.15) is 5.10 Å². The van der Waals surface area contributed by atoms with Crippen molar-refractivity contribution < 1.29 is 9.59 Å². The summed E-state index contributed by atoms with van der Waals surface area (Å²) in [6.07, 6.45) is 5.06. The van der Waals surface area contributed by atoms with E-state index >= 15 is 0 Å². The minimum Gasteiger partial charge on any atom is -0.343 e. The van der Waals surface area contributed by atoms with Gasteiger partial charge in [0.1, 0.15) is 5.69 Å². The minimum absolute atomic E-state index is 0.0242. The maximum atomic E-state index is 13.0. The van der Waals surface area contributed by atoms with E-state index in [4.69, 9.17) is 0 Å². The Morgan fingerprint density at radius 2 is 2.17 bits per heavy atom. The van der Waals surface area contributed by atoms with E-state index in [1.54, 1.807) is 41.3 Å². The molecule has 1 fully saturated rings. The van der Waals surface area contributed by atoms with Crippen LogP contribution in [0.2, 0.25) is 0 Å². The van der Waals surface area contributed by atoms with Crippen molar-refractivity contribution in [1.82, 2.24) is 34.5 Å². The zero-order valence-electron chi connectivity index (χ0n) is 16.9. The molecular weight excluding hydrogens is 370 g/mol. The summed E-state index contributed by atoms with van der Waals surface area (Å²) in [5, 5.41) is 4.38. The van der Waals surface area contributed by atoms with E-state index < -0.39 is 0 Å². The van der Waals surface area contributed by atoms with Crippen molar-refractivity contribution in [3.05, 3.63) is 41.6 Å². The first-order valence-corrected chi connectivity index (χ1v) is 9.88. The van der Waals surface area contributed by atoms with Crippen molar-refractivity contribution in [1.29, 1.82) is 0 Å².